The number of nitrogens with one attached hydrogen (secondary N) is 2. The van der Waals surface area contributed by atoms with Crippen LogP contribution < -0.4 is 10.6 Å². The van der Waals surface area contributed by atoms with Crippen molar-refractivity contribution in [2.24, 2.45) is 12.0 Å². The van der Waals surface area contributed by atoms with Gasteiger partial charge in [0.05, 0.1) is 6.10 Å². The molecule has 2 N–H and O–H groups in total. The highest BCUT2D eigenvalue weighted by atomic mass is 127. The third-order valence-corrected chi connectivity index (χ3v) is 3.83. The van der Waals surface area contributed by atoms with E-state index in [9.17, 15) is 0 Å². The molecule has 0 amide bonds. The molecule has 0 aliphatic rings. The predicted molar refractivity (Wildman–Crippen MR) is 114 cm³/mol. The van der Waals surface area contributed by atoms with E-state index in [2.05, 4.69) is 46.9 Å². The van der Waals surface area contributed by atoms with Crippen LogP contribution in [0.2, 0.25) is 0 Å². The summed E-state index contributed by atoms with van der Waals surface area (Å²) in [6, 6.07) is 12.4. The molecule has 1 aromatic carbocycles. The first-order valence-corrected chi connectivity index (χ1v) is 8.41. The predicted octanol–water partition coefficient (Wildman–Crippen LogP) is 3.48. The van der Waals surface area contributed by atoms with Gasteiger partial charge in [-0.2, -0.15) is 0 Å². The summed E-state index contributed by atoms with van der Waals surface area (Å²) < 4.78 is 7.91. The molecule has 0 radical (unpaired) electrons. The van der Waals surface area contributed by atoms with Crippen LogP contribution in [0.1, 0.15) is 30.6 Å². The minimum absolute atomic E-state index is 0. The number of aliphatic imine (C=N–C) groups is 1. The van der Waals surface area contributed by atoms with Gasteiger partial charge in [0.1, 0.15) is 0 Å². The maximum Gasteiger partial charge on any atom is 0.191 e. The molecular weight excluding hydrogens is 427 g/mol. The highest BCUT2D eigenvalue weighted by Crippen LogP contribution is 2.15. The van der Waals surface area contributed by atoms with Gasteiger partial charge in [-0.25, -0.2) is 0 Å². The Balaban J connectivity index is 0.00000312. The Morgan fingerprint density at radius 2 is 1.96 bits per heavy atom. The number of halogens is 1. The summed E-state index contributed by atoms with van der Waals surface area (Å²) in [6.07, 6.45) is 5.20. The standard InChI is InChI=1S/C19H28N4O.HI/c1-16(18-8-5-4-6-9-18)24-13-7-11-21-19(20-2)22-14-17-10-12-23(3)15-17;/h4-6,8-10,12,15-16H,7,11,13-14H2,1-3H3,(H2,20,21,22);1H. The summed E-state index contributed by atoms with van der Waals surface area (Å²) >= 11 is 0. The second kappa shape index (κ2) is 11.9. The zero-order valence-electron chi connectivity index (χ0n) is 15.2. The van der Waals surface area contributed by atoms with Crippen LogP contribution in [-0.2, 0) is 18.3 Å². The first-order valence-electron chi connectivity index (χ1n) is 8.41. The quantitative estimate of drug-likeness (QED) is 0.277. The lowest BCUT2D eigenvalue weighted by molar-refractivity contribution is 0.0646. The van der Waals surface area contributed by atoms with Crippen molar-refractivity contribution in [3.63, 3.8) is 0 Å². The minimum Gasteiger partial charge on any atom is -0.374 e. The van der Waals surface area contributed by atoms with Crippen molar-refractivity contribution in [3.8, 4) is 0 Å². The van der Waals surface area contributed by atoms with Crippen molar-refractivity contribution in [3.05, 3.63) is 59.9 Å². The van der Waals surface area contributed by atoms with E-state index in [1.54, 1.807) is 7.05 Å². The van der Waals surface area contributed by atoms with Crippen LogP contribution in [0.15, 0.2) is 53.8 Å². The molecule has 0 aliphatic carbocycles. The molecular formula is C19H29IN4O. The molecule has 138 valence electrons. The van der Waals surface area contributed by atoms with Gasteiger partial charge in [-0.3, -0.25) is 4.99 Å². The van der Waals surface area contributed by atoms with Crippen LogP contribution in [0, 0.1) is 0 Å². The Morgan fingerprint density at radius 3 is 2.60 bits per heavy atom. The fraction of sp³-hybridized carbons (Fsp3) is 0.421. The Labute approximate surface area is 167 Å². The van der Waals surface area contributed by atoms with Gasteiger partial charge >= 0.3 is 0 Å². The monoisotopic (exact) mass is 456 g/mol. The zero-order valence-corrected chi connectivity index (χ0v) is 17.6. The van der Waals surface area contributed by atoms with Crippen LogP contribution in [-0.4, -0.2) is 30.7 Å². The van der Waals surface area contributed by atoms with Gasteiger partial charge in [-0.15, -0.1) is 24.0 Å². The Kier molecular flexibility index (Phi) is 10.3. The molecule has 2 rings (SSSR count). The van der Waals surface area contributed by atoms with Gasteiger partial charge < -0.3 is 19.9 Å². The first-order chi connectivity index (χ1) is 11.7. The van der Waals surface area contributed by atoms with Crippen LogP contribution in [0.25, 0.3) is 0 Å². The average Bonchev–Trinajstić information content (AvgIpc) is 3.03. The molecule has 1 heterocycles. The fourth-order valence-corrected chi connectivity index (χ4v) is 2.43. The molecule has 0 saturated heterocycles. The van der Waals surface area contributed by atoms with Gasteiger partial charge in [-0.1, -0.05) is 30.3 Å². The lowest BCUT2D eigenvalue weighted by atomic mass is 10.1. The van der Waals surface area contributed by atoms with E-state index in [0.29, 0.717) is 0 Å². The van der Waals surface area contributed by atoms with Gasteiger partial charge in [0, 0.05) is 46.2 Å². The van der Waals surface area contributed by atoms with Crippen molar-refractivity contribution >= 4 is 29.9 Å². The number of aryl methyl sites for hydroxylation is 1. The molecule has 0 spiro atoms. The molecule has 0 fully saturated rings. The molecule has 25 heavy (non-hydrogen) atoms. The number of guanidine groups is 1. The number of rotatable bonds is 8. The van der Waals surface area contributed by atoms with E-state index in [1.807, 2.05) is 36.0 Å². The number of aromatic nitrogens is 1. The summed E-state index contributed by atoms with van der Waals surface area (Å²) in [5.74, 6) is 0.815. The molecule has 2 aromatic rings. The molecule has 0 saturated carbocycles. The van der Waals surface area contributed by atoms with Crippen molar-refractivity contribution in [2.45, 2.75) is 26.0 Å². The van der Waals surface area contributed by atoms with Crippen molar-refractivity contribution in [1.29, 1.82) is 0 Å². The van der Waals surface area contributed by atoms with Crippen molar-refractivity contribution in [2.75, 3.05) is 20.2 Å². The highest BCUT2D eigenvalue weighted by Gasteiger charge is 2.04. The Hall–Kier alpha value is -1.54. The van der Waals surface area contributed by atoms with E-state index in [-0.39, 0.29) is 30.1 Å². The highest BCUT2D eigenvalue weighted by molar-refractivity contribution is 14.0. The van der Waals surface area contributed by atoms with E-state index >= 15 is 0 Å². The molecule has 6 heteroatoms. The average molecular weight is 456 g/mol. The lowest BCUT2D eigenvalue weighted by Gasteiger charge is -2.14. The van der Waals surface area contributed by atoms with E-state index < -0.39 is 0 Å². The fourth-order valence-electron chi connectivity index (χ4n) is 2.43. The SMILES string of the molecule is CN=C(NCCCOC(C)c1ccccc1)NCc1ccn(C)c1.I. The number of benzene rings is 1. The third kappa shape index (κ3) is 7.92. The van der Waals surface area contributed by atoms with Crippen LogP contribution in [0.5, 0.6) is 0 Å². The molecule has 1 aromatic heterocycles. The maximum absolute atomic E-state index is 5.87. The van der Waals surface area contributed by atoms with E-state index in [1.165, 1.54) is 11.1 Å². The van der Waals surface area contributed by atoms with Crippen LogP contribution >= 0.6 is 24.0 Å². The summed E-state index contributed by atoms with van der Waals surface area (Å²) in [5.41, 5.74) is 2.45. The zero-order chi connectivity index (χ0) is 17.2. The van der Waals surface area contributed by atoms with Crippen molar-refractivity contribution < 1.29 is 4.74 Å². The summed E-state index contributed by atoms with van der Waals surface area (Å²) in [5, 5.41) is 6.62. The minimum atomic E-state index is 0. The third-order valence-electron chi connectivity index (χ3n) is 3.83. The smallest absolute Gasteiger partial charge is 0.191 e. The number of hydrogen-bond acceptors (Lipinski definition) is 2. The molecule has 1 unspecified atom stereocenters. The second-order valence-corrected chi connectivity index (χ2v) is 5.82. The van der Waals surface area contributed by atoms with E-state index in [4.69, 9.17) is 4.74 Å². The van der Waals surface area contributed by atoms with Gasteiger partial charge in [0.15, 0.2) is 5.96 Å². The number of nitrogens with zero attached hydrogens (tertiary/aromatic N) is 2. The molecule has 0 aliphatic heterocycles. The summed E-state index contributed by atoms with van der Waals surface area (Å²) in [7, 11) is 3.81. The van der Waals surface area contributed by atoms with Crippen LogP contribution in [0.4, 0.5) is 0 Å². The summed E-state index contributed by atoms with van der Waals surface area (Å²) in [6.45, 7) is 4.40. The topological polar surface area (TPSA) is 50.6 Å². The van der Waals surface area contributed by atoms with Gasteiger partial charge in [0.25, 0.3) is 0 Å². The molecule has 1 atom stereocenters. The maximum atomic E-state index is 5.87. The number of ether oxygens (including phenoxy) is 1. The van der Waals surface area contributed by atoms with E-state index in [0.717, 1.165) is 32.1 Å². The normalized spacial score (nSPS) is 12.4. The van der Waals surface area contributed by atoms with Gasteiger partial charge in [-0.05, 0) is 30.5 Å². The summed E-state index contributed by atoms with van der Waals surface area (Å²) in [4.78, 5) is 4.24. The molecule has 5 nitrogen and oxygen atoms in total. The van der Waals surface area contributed by atoms with Crippen LogP contribution in [0.3, 0.4) is 0 Å². The van der Waals surface area contributed by atoms with Crippen molar-refractivity contribution in [1.82, 2.24) is 15.2 Å². The largest absolute Gasteiger partial charge is 0.374 e. The first kappa shape index (κ1) is 21.5. The number of hydrogen-bond donors (Lipinski definition) is 2. The van der Waals surface area contributed by atoms with Gasteiger partial charge in [0.2, 0.25) is 0 Å². The second-order valence-electron chi connectivity index (χ2n) is 5.82. The molecule has 0 bridgehead atoms. The Morgan fingerprint density at radius 1 is 1.20 bits per heavy atom. The lowest BCUT2D eigenvalue weighted by Crippen LogP contribution is -2.37. The Bertz CT molecular complexity index is 627.